The first kappa shape index (κ1) is 21.3. The Balaban J connectivity index is 2.01. The lowest BCUT2D eigenvalue weighted by Crippen LogP contribution is -2.08. The van der Waals surface area contributed by atoms with Crippen molar-refractivity contribution in [2.24, 2.45) is 0 Å². The second kappa shape index (κ2) is 8.15. The number of anilines is 4. The summed E-state index contributed by atoms with van der Waals surface area (Å²) >= 11 is 5.97. The van der Waals surface area contributed by atoms with Crippen LogP contribution in [-0.2, 0) is 6.18 Å². The minimum Gasteiger partial charge on any atom is -0.334 e. The molecule has 0 unspecified atom stereocenters. The molecule has 156 valence electrons. The van der Waals surface area contributed by atoms with Crippen molar-refractivity contribution in [3.05, 3.63) is 74.6 Å². The first-order valence-electron chi connectivity index (χ1n) is 8.53. The molecule has 1 heterocycles. The fourth-order valence-corrected chi connectivity index (χ4v) is 2.78. The summed E-state index contributed by atoms with van der Waals surface area (Å²) in [4.78, 5) is 18.7. The van der Waals surface area contributed by atoms with E-state index in [-0.39, 0.29) is 22.3 Å². The lowest BCUT2D eigenvalue weighted by molar-refractivity contribution is -0.383. The maximum absolute atomic E-state index is 13.0. The zero-order valence-corrected chi connectivity index (χ0v) is 16.5. The first-order valence-corrected chi connectivity index (χ1v) is 8.91. The van der Waals surface area contributed by atoms with Crippen molar-refractivity contribution in [2.45, 2.75) is 20.0 Å². The summed E-state index contributed by atoms with van der Waals surface area (Å²) in [7, 11) is 0. The highest BCUT2D eigenvalue weighted by Crippen LogP contribution is 2.38. The van der Waals surface area contributed by atoms with Crippen LogP contribution in [0.4, 0.5) is 41.9 Å². The number of nitrogens with one attached hydrogen (secondary N) is 2. The van der Waals surface area contributed by atoms with Crippen LogP contribution >= 0.6 is 11.6 Å². The molecule has 3 rings (SSSR count). The first-order chi connectivity index (χ1) is 14.1. The van der Waals surface area contributed by atoms with Gasteiger partial charge in [-0.15, -0.1) is 0 Å². The van der Waals surface area contributed by atoms with E-state index >= 15 is 0 Å². The Kier molecular flexibility index (Phi) is 5.79. The zero-order valence-electron chi connectivity index (χ0n) is 15.7. The Morgan fingerprint density at radius 1 is 1.00 bits per heavy atom. The Bertz CT molecular complexity index is 1120. The maximum Gasteiger partial charge on any atom is 0.416 e. The number of nitro groups is 1. The molecule has 0 atom stereocenters. The predicted octanol–water partition coefficient (Wildman–Crippen LogP) is 6.16. The van der Waals surface area contributed by atoms with E-state index in [0.717, 1.165) is 35.7 Å². The molecule has 30 heavy (non-hydrogen) atoms. The molecule has 1 aromatic heterocycles. The molecule has 0 saturated heterocycles. The lowest BCUT2D eigenvalue weighted by Gasteiger charge is -2.13. The van der Waals surface area contributed by atoms with Crippen LogP contribution in [0.2, 0.25) is 5.02 Å². The second-order valence-corrected chi connectivity index (χ2v) is 6.83. The van der Waals surface area contributed by atoms with Crippen LogP contribution in [0.3, 0.4) is 0 Å². The van der Waals surface area contributed by atoms with Crippen molar-refractivity contribution in [1.29, 1.82) is 0 Å². The number of nitrogens with zero attached hydrogens (tertiary/aromatic N) is 3. The van der Waals surface area contributed by atoms with Gasteiger partial charge in [0.2, 0.25) is 11.6 Å². The van der Waals surface area contributed by atoms with Crippen LogP contribution in [0.1, 0.15) is 16.7 Å². The van der Waals surface area contributed by atoms with Gasteiger partial charge in [0, 0.05) is 5.69 Å². The molecule has 3 aromatic rings. The predicted molar refractivity (Wildman–Crippen MR) is 108 cm³/mol. The van der Waals surface area contributed by atoms with Crippen molar-refractivity contribution in [3.8, 4) is 0 Å². The summed E-state index contributed by atoms with van der Waals surface area (Å²) in [6.07, 6.45) is -3.55. The molecule has 0 aliphatic rings. The van der Waals surface area contributed by atoms with Crippen LogP contribution in [-0.4, -0.2) is 14.9 Å². The van der Waals surface area contributed by atoms with Gasteiger partial charge in [-0.25, -0.2) is 9.97 Å². The number of rotatable bonds is 5. The molecule has 0 spiro atoms. The number of hydrogen-bond acceptors (Lipinski definition) is 6. The quantitative estimate of drug-likeness (QED) is 0.366. The second-order valence-electron chi connectivity index (χ2n) is 6.42. The molecule has 2 aromatic carbocycles. The molecule has 0 aliphatic carbocycles. The number of benzene rings is 2. The summed E-state index contributed by atoms with van der Waals surface area (Å²) < 4.78 is 39.0. The molecule has 0 bridgehead atoms. The van der Waals surface area contributed by atoms with Crippen LogP contribution in [0, 0.1) is 24.0 Å². The van der Waals surface area contributed by atoms with Gasteiger partial charge >= 0.3 is 11.9 Å². The smallest absolute Gasteiger partial charge is 0.334 e. The Labute approximate surface area is 174 Å². The van der Waals surface area contributed by atoms with Crippen LogP contribution < -0.4 is 10.6 Å². The number of halogens is 4. The summed E-state index contributed by atoms with van der Waals surface area (Å²) in [5.41, 5.74) is 0.891. The summed E-state index contributed by atoms with van der Waals surface area (Å²) in [6.45, 7) is 3.81. The van der Waals surface area contributed by atoms with E-state index in [0.29, 0.717) is 5.69 Å². The molecule has 2 N–H and O–H groups in total. The molecule has 0 radical (unpaired) electrons. The third kappa shape index (κ3) is 4.60. The number of alkyl halides is 3. The van der Waals surface area contributed by atoms with Crippen molar-refractivity contribution >= 4 is 40.3 Å². The standard InChI is InChI=1S/C19H15ClF3N5O2/c1-10-3-5-13(7-11(10)2)26-17-16(28(29)30)18(25-9-24-17)27-15-8-12(19(21,22)23)4-6-14(15)20/h3-9H,1-2H3,(H2,24,25,26,27). The highest BCUT2D eigenvalue weighted by molar-refractivity contribution is 6.33. The fraction of sp³-hybridized carbons (Fsp3) is 0.158. The highest BCUT2D eigenvalue weighted by Gasteiger charge is 2.31. The topological polar surface area (TPSA) is 93.0 Å². The minimum atomic E-state index is -4.60. The lowest BCUT2D eigenvalue weighted by atomic mass is 10.1. The molecule has 0 amide bonds. The van der Waals surface area contributed by atoms with Gasteiger partial charge in [-0.1, -0.05) is 17.7 Å². The van der Waals surface area contributed by atoms with Gasteiger partial charge in [-0.05, 0) is 55.3 Å². The van der Waals surface area contributed by atoms with E-state index in [4.69, 9.17) is 11.6 Å². The van der Waals surface area contributed by atoms with Gasteiger partial charge in [0.15, 0.2) is 0 Å². The van der Waals surface area contributed by atoms with E-state index in [2.05, 4.69) is 20.6 Å². The van der Waals surface area contributed by atoms with Crippen molar-refractivity contribution in [3.63, 3.8) is 0 Å². The number of aromatic nitrogens is 2. The molecule has 7 nitrogen and oxygen atoms in total. The molecule has 11 heteroatoms. The molecule has 0 fully saturated rings. The molecular weight excluding hydrogens is 423 g/mol. The zero-order chi connectivity index (χ0) is 22.1. The Hall–Kier alpha value is -3.40. The molecule has 0 aliphatic heterocycles. The third-order valence-corrected chi connectivity index (χ3v) is 4.65. The molecule has 0 saturated carbocycles. The largest absolute Gasteiger partial charge is 0.416 e. The molecular formula is C19H15ClF3N5O2. The van der Waals surface area contributed by atoms with E-state index in [1.54, 1.807) is 12.1 Å². The average molecular weight is 438 g/mol. The fourth-order valence-electron chi connectivity index (χ4n) is 2.62. The average Bonchev–Trinajstić information content (AvgIpc) is 2.65. The van der Waals surface area contributed by atoms with E-state index in [1.807, 2.05) is 19.9 Å². The van der Waals surface area contributed by atoms with Crippen LogP contribution in [0.25, 0.3) is 0 Å². The third-order valence-electron chi connectivity index (χ3n) is 4.32. The van der Waals surface area contributed by atoms with Crippen molar-refractivity contribution in [2.75, 3.05) is 10.6 Å². The highest BCUT2D eigenvalue weighted by atomic mass is 35.5. The number of aryl methyl sites for hydroxylation is 2. The van der Waals surface area contributed by atoms with E-state index < -0.39 is 22.4 Å². The SMILES string of the molecule is Cc1ccc(Nc2ncnc(Nc3cc(C(F)(F)F)ccc3Cl)c2[N+](=O)[O-])cc1C. The van der Waals surface area contributed by atoms with Gasteiger partial charge in [-0.2, -0.15) is 13.2 Å². The van der Waals surface area contributed by atoms with Crippen molar-refractivity contribution in [1.82, 2.24) is 9.97 Å². The summed E-state index contributed by atoms with van der Waals surface area (Å²) in [6, 6.07) is 7.97. The maximum atomic E-state index is 13.0. The van der Waals surface area contributed by atoms with Gasteiger partial charge in [-0.3, -0.25) is 10.1 Å². The van der Waals surface area contributed by atoms with Crippen LogP contribution in [0.15, 0.2) is 42.7 Å². The van der Waals surface area contributed by atoms with E-state index in [9.17, 15) is 23.3 Å². The Morgan fingerprint density at radius 2 is 1.67 bits per heavy atom. The monoisotopic (exact) mass is 437 g/mol. The van der Waals surface area contributed by atoms with Gasteiger partial charge < -0.3 is 10.6 Å². The van der Waals surface area contributed by atoms with Gasteiger partial charge in [0.1, 0.15) is 6.33 Å². The number of hydrogen-bond donors (Lipinski definition) is 2. The van der Waals surface area contributed by atoms with Crippen LogP contribution in [0.5, 0.6) is 0 Å². The minimum absolute atomic E-state index is 0.0559. The van der Waals surface area contributed by atoms with Crippen molar-refractivity contribution < 1.29 is 18.1 Å². The summed E-state index contributed by atoms with van der Waals surface area (Å²) in [5, 5.41) is 17.0. The van der Waals surface area contributed by atoms with E-state index in [1.165, 1.54) is 0 Å². The Morgan fingerprint density at radius 3 is 2.27 bits per heavy atom. The normalized spacial score (nSPS) is 11.3. The van der Waals surface area contributed by atoms with Gasteiger partial charge in [0.25, 0.3) is 0 Å². The van der Waals surface area contributed by atoms with Gasteiger partial charge in [0.05, 0.1) is 21.2 Å². The summed E-state index contributed by atoms with van der Waals surface area (Å²) in [5.74, 6) is -0.425.